The van der Waals surface area contributed by atoms with Crippen LogP contribution in [0.2, 0.25) is 0 Å². The first-order valence-corrected chi connectivity index (χ1v) is 8.28. The summed E-state index contributed by atoms with van der Waals surface area (Å²) >= 11 is 1.52. The number of hydrogen-bond donors (Lipinski definition) is 2. The summed E-state index contributed by atoms with van der Waals surface area (Å²) in [6.45, 7) is 1.66. The predicted octanol–water partition coefficient (Wildman–Crippen LogP) is 1.32. The van der Waals surface area contributed by atoms with Crippen molar-refractivity contribution < 1.29 is 14.3 Å². The number of aryl methyl sites for hydroxylation is 1. The van der Waals surface area contributed by atoms with Crippen molar-refractivity contribution in [2.45, 2.75) is 11.8 Å². The van der Waals surface area contributed by atoms with Crippen molar-refractivity contribution in [2.75, 3.05) is 25.9 Å². The molecule has 0 bridgehead atoms. The molecule has 122 valence electrons. The van der Waals surface area contributed by atoms with Crippen molar-refractivity contribution in [2.24, 2.45) is 4.99 Å². The molecular formula is C15H16FN3O3S. The van der Waals surface area contributed by atoms with Crippen LogP contribution in [-0.2, 0) is 6.54 Å². The number of carboxylic acids is 1. The second-order valence-electron chi connectivity index (χ2n) is 5.28. The second-order valence-corrected chi connectivity index (χ2v) is 6.50. The maximum atomic E-state index is 14.5. The smallest absolute Gasteiger partial charge is 0.341 e. The third kappa shape index (κ3) is 2.72. The van der Waals surface area contributed by atoms with E-state index in [1.165, 1.54) is 18.0 Å². The maximum Gasteiger partial charge on any atom is 0.341 e. The highest BCUT2D eigenvalue weighted by molar-refractivity contribution is 8.00. The van der Waals surface area contributed by atoms with E-state index in [4.69, 9.17) is 5.11 Å². The highest BCUT2D eigenvalue weighted by atomic mass is 32.2. The third-order valence-corrected chi connectivity index (χ3v) is 5.06. The summed E-state index contributed by atoms with van der Waals surface area (Å²) in [7, 11) is 1.79. The van der Waals surface area contributed by atoms with Gasteiger partial charge in [0.25, 0.3) is 0 Å². The lowest BCUT2D eigenvalue weighted by Crippen LogP contribution is -2.33. The van der Waals surface area contributed by atoms with Gasteiger partial charge in [-0.15, -0.1) is 11.8 Å². The van der Waals surface area contributed by atoms with E-state index in [1.54, 1.807) is 11.6 Å². The van der Waals surface area contributed by atoms with Crippen LogP contribution in [0.4, 0.5) is 4.39 Å². The molecule has 1 aromatic heterocycles. The molecule has 0 radical (unpaired) electrons. The van der Waals surface area contributed by atoms with Crippen LogP contribution in [0.25, 0.3) is 6.08 Å². The molecule has 0 saturated carbocycles. The van der Waals surface area contributed by atoms with E-state index >= 15 is 0 Å². The molecular weight excluding hydrogens is 321 g/mol. The first kappa shape index (κ1) is 15.9. The highest BCUT2D eigenvalue weighted by Crippen LogP contribution is 2.41. The van der Waals surface area contributed by atoms with E-state index in [1.807, 2.05) is 0 Å². The van der Waals surface area contributed by atoms with E-state index < -0.39 is 17.2 Å². The van der Waals surface area contributed by atoms with Crippen LogP contribution < -0.4 is 10.7 Å². The van der Waals surface area contributed by atoms with Gasteiger partial charge in [-0.05, 0) is 13.1 Å². The first-order valence-electron chi connectivity index (χ1n) is 7.23. The number of aliphatic imine (C=N–C) groups is 1. The Hall–Kier alpha value is -1.93. The molecule has 0 spiro atoms. The molecule has 8 heteroatoms. The molecule has 1 aliphatic heterocycles. The average Bonchev–Trinajstić information content (AvgIpc) is 2.52. The molecule has 0 saturated heterocycles. The summed E-state index contributed by atoms with van der Waals surface area (Å²) in [4.78, 5) is 27.9. The minimum atomic E-state index is -1.29. The van der Waals surface area contributed by atoms with E-state index in [2.05, 4.69) is 10.3 Å². The maximum absolute atomic E-state index is 14.5. The van der Waals surface area contributed by atoms with Crippen molar-refractivity contribution in [1.29, 1.82) is 0 Å². The lowest BCUT2D eigenvalue weighted by atomic mass is 9.96. The number of carboxylic acid groups (broad SMARTS) is 1. The van der Waals surface area contributed by atoms with Crippen LogP contribution in [0.1, 0.15) is 26.9 Å². The number of rotatable bonds is 4. The van der Waals surface area contributed by atoms with Crippen LogP contribution in [0.5, 0.6) is 0 Å². The number of hydrogen-bond acceptors (Lipinski definition) is 5. The topological polar surface area (TPSA) is 83.7 Å². The zero-order valence-corrected chi connectivity index (χ0v) is 13.3. The van der Waals surface area contributed by atoms with E-state index in [0.717, 1.165) is 6.08 Å². The van der Waals surface area contributed by atoms with Crippen LogP contribution in [0.3, 0.4) is 0 Å². The van der Waals surface area contributed by atoms with Crippen molar-refractivity contribution >= 4 is 29.5 Å². The average molecular weight is 337 g/mol. The Labute approximate surface area is 136 Å². The lowest BCUT2D eigenvalue weighted by molar-refractivity contribution is 0.0694. The Kier molecular flexibility index (Phi) is 4.36. The minimum Gasteiger partial charge on any atom is -0.477 e. The van der Waals surface area contributed by atoms with Gasteiger partial charge in [0.05, 0.1) is 17.5 Å². The third-order valence-electron chi connectivity index (χ3n) is 3.86. The number of carbonyl (C=O) groups is 1. The fourth-order valence-electron chi connectivity index (χ4n) is 2.80. The van der Waals surface area contributed by atoms with Crippen molar-refractivity contribution in [3.63, 3.8) is 0 Å². The number of pyridine rings is 1. The number of nitrogens with one attached hydrogen (secondary N) is 1. The summed E-state index contributed by atoms with van der Waals surface area (Å²) in [5, 5.41) is 11.8. The predicted molar refractivity (Wildman–Crippen MR) is 88.2 cm³/mol. The number of halogens is 1. The van der Waals surface area contributed by atoms with Gasteiger partial charge < -0.3 is 15.0 Å². The highest BCUT2D eigenvalue weighted by Gasteiger charge is 2.35. The number of aromatic nitrogens is 1. The van der Waals surface area contributed by atoms with Crippen LogP contribution >= 0.6 is 11.8 Å². The van der Waals surface area contributed by atoms with Gasteiger partial charge in [0, 0.05) is 36.3 Å². The van der Waals surface area contributed by atoms with Crippen molar-refractivity contribution in [3.05, 3.63) is 39.1 Å². The Morgan fingerprint density at radius 1 is 1.61 bits per heavy atom. The van der Waals surface area contributed by atoms with Crippen molar-refractivity contribution in [1.82, 2.24) is 9.88 Å². The Morgan fingerprint density at radius 3 is 3.09 bits per heavy atom. The van der Waals surface area contributed by atoms with Gasteiger partial charge in [0.15, 0.2) is 0 Å². The Morgan fingerprint density at radius 2 is 2.39 bits per heavy atom. The molecule has 1 atom stereocenters. The molecule has 1 aliphatic carbocycles. The number of nitrogens with zero attached hydrogens (tertiary/aromatic N) is 2. The van der Waals surface area contributed by atoms with Crippen LogP contribution in [-0.4, -0.2) is 47.2 Å². The zero-order chi connectivity index (χ0) is 16.6. The fraction of sp³-hybridized carbons (Fsp3) is 0.400. The van der Waals surface area contributed by atoms with Gasteiger partial charge in [-0.25, -0.2) is 9.18 Å². The molecule has 2 aliphatic rings. The van der Waals surface area contributed by atoms with Gasteiger partial charge in [-0.1, -0.05) is 0 Å². The molecule has 2 heterocycles. The standard InChI is InChI=1S/C15H16FN3O3S/c1-17-2-3-18-11-10(16)6-8-12-14(11)23-5-4-19(12)7-9(13(8)20)15(21)22/h6-7,14,17H,2-5H2,1H3,(H,21,22). The largest absolute Gasteiger partial charge is 0.477 e. The molecule has 3 rings (SSSR count). The molecule has 0 amide bonds. The Bertz CT molecular complexity index is 785. The number of allylic oxidation sites excluding steroid dienone is 1. The molecule has 6 nitrogen and oxygen atoms in total. The first-order chi connectivity index (χ1) is 11.0. The van der Waals surface area contributed by atoms with Crippen LogP contribution in [0, 0.1) is 0 Å². The summed E-state index contributed by atoms with van der Waals surface area (Å²) < 4.78 is 16.2. The zero-order valence-electron chi connectivity index (χ0n) is 12.5. The number of likely N-dealkylation sites (N-methyl/N-ethyl adjacent to an activating group) is 1. The fourth-order valence-corrected chi connectivity index (χ4v) is 4.10. The minimum absolute atomic E-state index is 0.132. The quantitative estimate of drug-likeness (QED) is 0.810. The SMILES string of the molecule is CNCCN=C1C(F)=Cc2c3n(cc(C(=O)O)c2=O)CCSC13. The summed E-state index contributed by atoms with van der Waals surface area (Å²) in [6.07, 6.45) is 2.49. The number of aromatic carboxylic acids is 1. The summed E-state index contributed by atoms with van der Waals surface area (Å²) in [5.74, 6) is -1.14. The molecule has 0 fully saturated rings. The van der Waals surface area contributed by atoms with E-state index in [9.17, 15) is 14.0 Å². The van der Waals surface area contributed by atoms with Gasteiger partial charge in [-0.3, -0.25) is 9.79 Å². The lowest BCUT2D eigenvalue weighted by Gasteiger charge is -2.32. The molecule has 0 aromatic carbocycles. The normalized spacial score (nSPS) is 21.0. The van der Waals surface area contributed by atoms with Crippen molar-refractivity contribution in [3.8, 4) is 0 Å². The molecule has 23 heavy (non-hydrogen) atoms. The van der Waals surface area contributed by atoms with Gasteiger partial charge >= 0.3 is 5.97 Å². The van der Waals surface area contributed by atoms with Gasteiger partial charge in [0.2, 0.25) is 5.43 Å². The van der Waals surface area contributed by atoms with E-state index in [0.29, 0.717) is 36.8 Å². The molecule has 1 aromatic rings. The summed E-state index contributed by atoms with van der Waals surface area (Å²) in [5.41, 5.74) is 0.149. The summed E-state index contributed by atoms with van der Waals surface area (Å²) in [6, 6.07) is 0. The Balaban J connectivity index is 2.18. The van der Waals surface area contributed by atoms with Crippen LogP contribution in [0.15, 0.2) is 21.8 Å². The second kappa shape index (κ2) is 6.29. The molecule has 1 unspecified atom stereocenters. The number of thioether (sulfide) groups is 1. The monoisotopic (exact) mass is 337 g/mol. The van der Waals surface area contributed by atoms with Gasteiger partial charge in [-0.2, -0.15) is 0 Å². The van der Waals surface area contributed by atoms with E-state index in [-0.39, 0.29) is 16.4 Å². The molecule has 2 N–H and O–H groups in total. The van der Waals surface area contributed by atoms with Gasteiger partial charge in [0.1, 0.15) is 11.4 Å².